The number of nitrogens with one attached hydrogen (secondary N) is 1. The minimum Gasteiger partial charge on any atom is -0.462 e. The maximum Gasteiger partial charge on any atom is 0.176 e. The third-order valence-electron chi connectivity index (χ3n) is 5.48. The van der Waals surface area contributed by atoms with E-state index in [2.05, 4.69) is 22.2 Å². The molecule has 8 heteroatoms. The highest BCUT2D eigenvalue weighted by atomic mass is 16.7. The lowest BCUT2D eigenvalue weighted by Crippen LogP contribution is -2.66. The van der Waals surface area contributed by atoms with E-state index in [-0.39, 0.29) is 31.1 Å². The van der Waals surface area contributed by atoms with Crippen LogP contribution in [0.15, 0.2) is 16.5 Å². The van der Waals surface area contributed by atoms with Gasteiger partial charge in [0.05, 0.1) is 31.3 Å². The molecule has 5 unspecified atom stereocenters. The number of rotatable bonds is 5. The van der Waals surface area contributed by atoms with Crippen molar-refractivity contribution in [2.24, 2.45) is 0 Å². The van der Waals surface area contributed by atoms with Gasteiger partial charge in [0.1, 0.15) is 24.2 Å². The van der Waals surface area contributed by atoms with Crippen molar-refractivity contribution in [3.63, 3.8) is 0 Å². The van der Waals surface area contributed by atoms with Crippen molar-refractivity contribution in [1.29, 1.82) is 0 Å². The van der Waals surface area contributed by atoms with E-state index in [9.17, 15) is 5.11 Å². The molecular formula is C17H27N3O5. The van der Waals surface area contributed by atoms with Crippen LogP contribution in [0.3, 0.4) is 0 Å². The number of aliphatic hydroxyl groups excluding tert-OH is 2. The lowest BCUT2D eigenvalue weighted by atomic mass is 9.94. The Morgan fingerprint density at radius 2 is 1.96 bits per heavy atom. The zero-order valence-corrected chi connectivity index (χ0v) is 14.5. The highest BCUT2D eigenvalue weighted by Crippen LogP contribution is 2.32. The highest BCUT2D eigenvalue weighted by Gasteiger charge is 2.52. The van der Waals surface area contributed by atoms with E-state index in [1.54, 1.807) is 6.07 Å². The summed E-state index contributed by atoms with van der Waals surface area (Å²) in [7, 11) is 2.11. The molecule has 8 nitrogen and oxygen atoms in total. The summed E-state index contributed by atoms with van der Waals surface area (Å²) in [6, 6.07) is 3.22. The number of hydrogen-bond acceptors (Lipinski definition) is 8. The molecule has 2 bridgehead atoms. The van der Waals surface area contributed by atoms with Crippen LogP contribution in [0.5, 0.6) is 0 Å². The van der Waals surface area contributed by atoms with Gasteiger partial charge in [0.2, 0.25) is 0 Å². The topological polar surface area (TPSA) is 90.6 Å². The summed E-state index contributed by atoms with van der Waals surface area (Å²) in [5.41, 5.74) is 0. The Kier molecular flexibility index (Phi) is 5.10. The normalized spacial score (nSPS) is 36.8. The molecule has 3 N–H and O–H groups in total. The van der Waals surface area contributed by atoms with Gasteiger partial charge in [-0.25, -0.2) is 0 Å². The summed E-state index contributed by atoms with van der Waals surface area (Å²) in [6.45, 7) is 4.61. The fourth-order valence-electron chi connectivity index (χ4n) is 3.98. The fourth-order valence-corrected chi connectivity index (χ4v) is 3.98. The van der Waals surface area contributed by atoms with Gasteiger partial charge in [0.15, 0.2) is 6.29 Å². The largest absolute Gasteiger partial charge is 0.462 e. The number of aliphatic hydroxyl groups is 2. The number of furan rings is 1. The Bertz CT molecular complexity index is 574. The molecule has 0 spiro atoms. The first kappa shape index (κ1) is 17.4. The molecule has 3 fully saturated rings. The SMILES string of the molecule is CN1CCN(C2C3OCC(O3)C(NCc3ccc(CO)o3)C2O)CC1. The summed E-state index contributed by atoms with van der Waals surface area (Å²) in [6.07, 6.45) is -1.08. The first-order chi connectivity index (χ1) is 12.2. The lowest BCUT2D eigenvalue weighted by molar-refractivity contribution is -0.186. The summed E-state index contributed by atoms with van der Waals surface area (Å²) < 4.78 is 17.3. The molecule has 3 aliphatic rings. The van der Waals surface area contributed by atoms with Crippen molar-refractivity contribution in [3.05, 3.63) is 23.7 Å². The second-order valence-corrected chi connectivity index (χ2v) is 7.13. The third kappa shape index (κ3) is 3.48. The molecule has 4 heterocycles. The smallest absolute Gasteiger partial charge is 0.176 e. The van der Waals surface area contributed by atoms with Crippen LogP contribution in [-0.2, 0) is 22.6 Å². The molecule has 1 aromatic rings. The number of likely N-dealkylation sites (N-methyl/N-ethyl adjacent to an activating group) is 1. The standard InChI is InChI=1S/C17H27N3O5/c1-19-4-6-20(7-5-19)15-16(22)14(13-10-23-17(15)25-13)18-8-11-2-3-12(9-21)24-11/h2-3,13-18,21-22H,4-10H2,1H3. The van der Waals surface area contributed by atoms with Gasteiger partial charge in [0.25, 0.3) is 0 Å². The van der Waals surface area contributed by atoms with Crippen LogP contribution in [-0.4, -0.2) is 90.4 Å². The number of hydrogen-bond donors (Lipinski definition) is 3. The second-order valence-electron chi connectivity index (χ2n) is 7.13. The predicted octanol–water partition coefficient (Wildman–Crippen LogP) is -1.04. The van der Waals surface area contributed by atoms with Gasteiger partial charge in [-0.15, -0.1) is 0 Å². The number of ether oxygens (including phenoxy) is 2. The molecule has 5 atom stereocenters. The average Bonchev–Trinajstić information content (AvgIpc) is 3.24. The van der Waals surface area contributed by atoms with E-state index in [0.29, 0.717) is 18.9 Å². The van der Waals surface area contributed by atoms with Gasteiger partial charge in [-0.2, -0.15) is 0 Å². The van der Waals surface area contributed by atoms with E-state index in [4.69, 9.17) is 19.0 Å². The molecular weight excluding hydrogens is 326 g/mol. The average molecular weight is 353 g/mol. The molecule has 3 saturated heterocycles. The first-order valence-corrected chi connectivity index (χ1v) is 8.95. The van der Waals surface area contributed by atoms with Crippen molar-refractivity contribution < 1.29 is 24.1 Å². The summed E-state index contributed by atoms with van der Waals surface area (Å²) in [5.74, 6) is 1.27. The number of fused-ring (bicyclic) bond motifs is 2. The number of piperazine rings is 1. The molecule has 3 aliphatic heterocycles. The predicted molar refractivity (Wildman–Crippen MR) is 88.7 cm³/mol. The van der Waals surface area contributed by atoms with Crippen LogP contribution in [0, 0.1) is 0 Å². The van der Waals surface area contributed by atoms with Crippen LogP contribution in [0.1, 0.15) is 11.5 Å². The van der Waals surface area contributed by atoms with Gasteiger partial charge in [-0.1, -0.05) is 0 Å². The summed E-state index contributed by atoms with van der Waals surface area (Å²) >= 11 is 0. The Balaban J connectivity index is 1.42. The van der Waals surface area contributed by atoms with Gasteiger partial charge >= 0.3 is 0 Å². The second kappa shape index (κ2) is 7.32. The number of nitrogens with zero attached hydrogens (tertiary/aromatic N) is 2. The van der Waals surface area contributed by atoms with Gasteiger partial charge in [0, 0.05) is 26.2 Å². The van der Waals surface area contributed by atoms with Crippen molar-refractivity contribution in [1.82, 2.24) is 15.1 Å². The summed E-state index contributed by atoms with van der Waals surface area (Å²) in [5, 5.41) is 23.5. The van der Waals surface area contributed by atoms with E-state index >= 15 is 0 Å². The maximum absolute atomic E-state index is 11.0. The highest BCUT2D eigenvalue weighted by molar-refractivity contribution is 5.08. The van der Waals surface area contributed by atoms with E-state index in [1.807, 2.05) is 6.07 Å². The zero-order valence-electron chi connectivity index (χ0n) is 14.5. The summed E-state index contributed by atoms with van der Waals surface area (Å²) in [4.78, 5) is 4.57. The van der Waals surface area contributed by atoms with Crippen LogP contribution < -0.4 is 5.32 Å². The van der Waals surface area contributed by atoms with Crippen LogP contribution in [0.25, 0.3) is 0 Å². The zero-order chi connectivity index (χ0) is 17.4. The first-order valence-electron chi connectivity index (χ1n) is 8.95. The molecule has 4 rings (SSSR count). The monoisotopic (exact) mass is 353 g/mol. The van der Waals surface area contributed by atoms with Crippen molar-refractivity contribution in [3.8, 4) is 0 Å². The van der Waals surface area contributed by atoms with Crippen molar-refractivity contribution >= 4 is 0 Å². The fraction of sp³-hybridized carbons (Fsp3) is 0.765. The van der Waals surface area contributed by atoms with Crippen molar-refractivity contribution in [2.75, 3.05) is 39.8 Å². The Labute approximate surface area is 147 Å². The van der Waals surface area contributed by atoms with Gasteiger partial charge in [-0.3, -0.25) is 4.90 Å². The molecule has 0 aromatic carbocycles. The minimum atomic E-state index is -0.568. The molecule has 25 heavy (non-hydrogen) atoms. The van der Waals surface area contributed by atoms with E-state index in [0.717, 1.165) is 31.9 Å². The Morgan fingerprint density at radius 1 is 1.20 bits per heavy atom. The Hall–Kier alpha value is -1.00. The minimum absolute atomic E-state index is 0.112. The quantitative estimate of drug-likeness (QED) is 0.619. The molecule has 0 amide bonds. The third-order valence-corrected chi connectivity index (χ3v) is 5.48. The van der Waals surface area contributed by atoms with Crippen LogP contribution in [0.4, 0.5) is 0 Å². The van der Waals surface area contributed by atoms with Gasteiger partial charge in [-0.05, 0) is 19.2 Å². The molecule has 0 radical (unpaired) electrons. The van der Waals surface area contributed by atoms with Crippen molar-refractivity contribution in [2.45, 2.75) is 43.7 Å². The Morgan fingerprint density at radius 3 is 2.68 bits per heavy atom. The molecule has 0 aliphatic carbocycles. The maximum atomic E-state index is 11.0. The van der Waals surface area contributed by atoms with Crippen LogP contribution in [0.2, 0.25) is 0 Å². The van der Waals surface area contributed by atoms with Gasteiger partial charge < -0.3 is 34.3 Å². The van der Waals surface area contributed by atoms with Crippen LogP contribution >= 0.6 is 0 Å². The van der Waals surface area contributed by atoms with E-state index in [1.165, 1.54) is 0 Å². The van der Waals surface area contributed by atoms with E-state index < -0.39 is 6.10 Å². The lowest BCUT2D eigenvalue weighted by Gasteiger charge is -2.46. The molecule has 0 saturated carbocycles. The molecule has 140 valence electrons. The molecule has 1 aromatic heterocycles.